The number of hydrogen-bond acceptors (Lipinski definition) is 4. The number of anilines is 1. The van der Waals surface area contributed by atoms with Crippen molar-refractivity contribution in [3.63, 3.8) is 0 Å². The van der Waals surface area contributed by atoms with Crippen LogP contribution in [0, 0.1) is 5.82 Å². The molecule has 0 saturated carbocycles. The van der Waals surface area contributed by atoms with Crippen LogP contribution in [0.15, 0.2) is 72.9 Å². The van der Waals surface area contributed by atoms with E-state index in [-0.39, 0.29) is 31.3 Å². The van der Waals surface area contributed by atoms with E-state index in [0.29, 0.717) is 12.1 Å². The first-order valence-corrected chi connectivity index (χ1v) is 9.54. The van der Waals surface area contributed by atoms with Crippen LogP contribution in [0.5, 0.6) is 0 Å². The third-order valence-electron chi connectivity index (χ3n) is 4.50. The van der Waals surface area contributed by atoms with Crippen molar-refractivity contribution in [1.29, 1.82) is 0 Å². The Labute approximate surface area is 181 Å². The molecule has 3 aromatic rings. The second kappa shape index (κ2) is 12.0. The second-order valence-electron chi connectivity index (χ2n) is 6.73. The molecule has 0 spiro atoms. The summed E-state index contributed by atoms with van der Waals surface area (Å²) < 4.78 is 13.6. The number of halogens is 2. The minimum absolute atomic E-state index is 0. The predicted molar refractivity (Wildman–Crippen MR) is 118 cm³/mol. The summed E-state index contributed by atoms with van der Waals surface area (Å²) in [7, 11) is 0. The maximum Gasteiger partial charge on any atom is 0.230 e. The third-order valence-corrected chi connectivity index (χ3v) is 4.50. The van der Waals surface area contributed by atoms with E-state index in [1.807, 2.05) is 42.5 Å². The first kappa shape index (κ1) is 23.5. The molecule has 0 aliphatic heterocycles. The number of carbonyl (C=O) groups excluding carboxylic acids is 1. The number of aliphatic hydroxyl groups is 1. The monoisotopic (exact) mass is 429 g/mol. The summed E-state index contributed by atoms with van der Waals surface area (Å²) in [6, 6.07) is 19.3. The van der Waals surface area contributed by atoms with Crippen molar-refractivity contribution in [1.82, 2.24) is 10.3 Å². The van der Waals surface area contributed by atoms with Crippen molar-refractivity contribution in [2.24, 2.45) is 0 Å². The lowest BCUT2D eigenvalue weighted by Crippen LogP contribution is -2.24. The predicted octanol–water partition coefficient (Wildman–Crippen LogP) is 3.69. The minimum atomic E-state index is -0.882. The molecular formula is C23H25ClFN3O2. The van der Waals surface area contributed by atoms with Crippen molar-refractivity contribution < 1.29 is 14.3 Å². The Morgan fingerprint density at radius 1 is 1.03 bits per heavy atom. The largest absolute Gasteiger partial charge is 0.387 e. The molecule has 0 aliphatic rings. The van der Waals surface area contributed by atoms with Crippen molar-refractivity contribution in [2.45, 2.75) is 18.9 Å². The van der Waals surface area contributed by atoms with Crippen LogP contribution < -0.4 is 10.6 Å². The number of carbonyl (C=O) groups is 1. The van der Waals surface area contributed by atoms with Gasteiger partial charge in [-0.2, -0.15) is 0 Å². The lowest BCUT2D eigenvalue weighted by molar-refractivity contribution is -0.115. The summed E-state index contributed by atoms with van der Waals surface area (Å²) in [6.07, 6.45) is 1.77. The summed E-state index contributed by atoms with van der Waals surface area (Å²) >= 11 is 0. The van der Waals surface area contributed by atoms with Gasteiger partial charge in [0.2, 0.25) is 5.91 Å². The van der Waals surface area contributed by atoms with Crippen LogP contribution in [0.3, 0.4) is 0 Å². The zero-order valence-corrected chi connectivity index (χ0v) is 17.2. The number of hydrogen-bond donors (Lipinski definition) is 3. The number of amides is 1. The number of benzene rings is 2. The average Bonchev–Trinajstić information content (AvgIpc) is 2.73. The zero-order valence-electron chi connectivity index (χ0n) is 16.4. The highest BCUT2D eigenvalue weighted by Crippen LogP contribution is 2.15. The van der Waals surface area contributed by atoms with Gasteiger partial charge in [0.15, 0.2) is 0 Å². The highest BCUT2D eigenvalue weighted by Gasteiger charge is 2.11. The average molecular weight is 430 g/mol. The second-order valence-corrected chi connectivity index (χ2v) is 6.73. The van der Waals surface area contributed by atoms with Crippen LogP contribution in [0.1, 0.15) is 22.9 Å². The summed E-state index contributed by atoms with van der Waals surface area (Å²) in [5.74, 6) is -0.511. The molecule has 0 aliphatic carbocycles. The van der Waals surface area contributed by atoms with Gasteiger partial charge in [-0.25, -0.2) is 4.39 Å². The number of pyridine rings is 1. The molecule has 1 unspecified atom stereocenters. The lowest BCUT2D eigenvalue weighted by atomic mass is 10.1. The van der Waals surface area contributed by atoms with E-state index in [9.17, 15) is 14.3 Å². The van der Waals surface area contributed by atoms with Crippen molar-refractivity contribution in [3.05, 3.63) is 95.6 Å². The van der Waals surface area contributed by atoms with E-state index in [4.69, 9.17) is 0 Å². The Balaban J connectivity index is 0.00000320. The molecule has 0 radical (unpaired) electrons. The molecule has 0 fully saturated rings. The van der Waals surface area contributed by atoms with E-state index < -0.39 is 11.9 Å². The van der Waals surface area contributed by atoms with Crippen molar-refractivity contribution in [2.75, 3.05) is 18.4 Å². The van der Waals surface area contributed by atoms with Gasteiger partial charge in [-0.1, -0.05) is 36.4 Å². The van der Waals surface area contributed by atoms with Crippen LogP contribution in [0.25, 0.3) is 0 Å². The third kappa shape index (κ3) is 7.22. The van der Waals surface area contributed by atoms with Gasteiger partial charge in [-0.05, 0) is 48.9 Å². The topological polar surface area (TPSA) is 74.2 Å². The summed E-state index contributed by atoms with van der Waals surface area (Å²) in [4.78, 5) is 16.2. The van der Waals surface area contributed by atoms with E-state index >= 15 is 0 Å². The van der Waals surface area contributed by atoms with Gasteiger partial charge in [-0.3, -0.25) is 9.78 Å². The van der Waals surface area contributed by atoms with Gasteiger partial charge < -0.3 is 15.7 Å². The van der Waals surface area contributed by atoms with E-state index in [2.05, 4.69) is 15.6 Å². The van der Waals surface area contributed by atoms with E-state index in [0.717, 1.165) is 23.4 Å². The SMILES string of the molecule is Cl.O=C(Cc1ccccn1)Nc1ccc(CCNCC(O)c2ccccc2F)cc1. The molecule has 158 valence electrons. The van der Waals surface area contributed by atoms with Crippen LogP contribution in [0.4, 0.5) is 10.1 Å². The number of rotatable bonds is 9. The summed E-state index contributed by atoms with van der Waals surface area (Å²) in [5, 5.41) is 16.1. The van der Waals surface area contributed by atoms with Gasteiger partial charge in [0.05, 0.1) is 12.5 Å². The van der Waals surface area contributed by atoms with Gasteiger partial charge in [0, 0.05) is 29.7 Å². The van der Waals surface area contributed by atoms with Crippen LogP contribution in [-0.4, -0.2) is 29.1 Å². The van der Waals surface area contributed by atoms with Crippen molar-refractivity contribution >= 4 is 24.0 Å². The molecule has 0 saturated heterocycles. The normalized spacial score (nSPS) is 11.4. The minimum Gasteiger partial charge on any atom is -0.387 e. The lowest BCUT2D eigenvalue weighted by Gasteiger charge is -2.13. The molecule has 3 rings (SSSR count). The van der Waals surface area contributed by atoms with E-state index in [1.165, 1.54) is 6.07 Å². The molecule has 1 atom stereocenters. The van der Waals surface area contributed by atoms with Gasteiger partial charge in [-0.15, -0.1) is 12.4 Å². The zero-order chi connectivity index (χ0) is 20.5. The fraction of sp³-hybridized carbons (Fsp3) is 0.217. The van der Waals surface area contributed by atoms with Crippen LogP contribution in [0.2, 0.25) is 0 Å². The Morgan fingerprint density at radius 2 is 1.77 bits per heavy atom. The highest BCUT2D eigenvalue weighted by atomic mass is 35.5. The Hall–Kier alpha value is -2.80. The van der Waals surface area contributed by atoms with E-state index in [1.54, 1.807) is 24.4 Å². The molecule has 3 N–H and O–H groups in total. The Bertz CT molecular complexity index is 923. The maximum absolute atomic E-state index is 13.6. The molecule has 1 amide bonds. The molecule has 0 bridgehead atoms. The van der Waals surface area contributed by atoms with Crippen LogP contribution >= 0.6 is 12.4 Å². The molecule has 7 heteroatoms. The van der Waals surface area contributed by atoms with Gasteiger partial charge >= 0.3 is 0 Å². The quantitative estimate of drug-likeness (QED) is 0.453. The number of aliphatic hydroxyl groups excluding tert-OH is 1. The van der Waals surface area contributed by atoms with Crippen molar-refractivity contribution in [3.8, 4) is 0 Å². The molecule has 30 heavy (non-hydrogen) atoms. The first-order valence-electron chi connectivity index (χ1n) is 9.54. The molecule has 1 heterocycles. The smallest absolute Gasteiger partial charge is 0.230 e. The van der Waals surface area contributed by atoms with Gasteiger partial charge in [0.1, 0.15) is 5.82 Å². The summed E-state index contributed by atoms with van der Waals surface area (Å²) in [5.41, 5.74) is 2.86. The first-order chi connectivity index (χ1) is 14.1. The van der Waals surface area contributed by atoms with Gasteiger partial charge in [0.25, 0.3) is 0 Å². The molecule has 5 nitrogen and oxygen atoms in total. The maximum atomic E-state index is 13.6. The number of nitrogens with one attached hydrogen (secondary N) is 2. The fourth-order valence-corrected chi connectivity index (χ4v) is 2.95. The number of aromatic nitrogens is 1. The molecule has 2 aromatic carbocycles. The fourth-order valence-electron chi connectivity index (χ4n) is 2.95. The number of nitrogens with zero attached hydrogens (tertiary/aromatic N) is 1. The molecule has 1 aromatic heterocycles. The Kier molecular flexibility index (Phi) is 9.41. The standard InChI is InChI=1S/C23H24FN3O2.ClH/c24-21-7-2-1-6-20(21)22(28)16-25-14-12-17-8-10-18(11-9-17)27-23(29)15-19-5-3-4-13-26-19;/h1-11,13,22,25,28H,12,14-16H2,(H,27,29);1H. The summed E-state index contributed by atoms with van der Waals surface area (Å²) in [6.45, 7) is 0.930. The van der Waals surface area contributed by atoms with Crippen LogP contribution in [-0.2, 0) is 17.6 Å². The molecular weight excluding hydrogens is 405 g/mol. The highest BCUT2D eigenvalue weighted by molar-refractivity contribution is 5.92. The Morgan fingerprint density at radius 3 is 2.47 bits per heavy atom.